The van der Waals surface area contributed by atoms with E-state index in [2.05, 4.69) is 21.2 Å². The number of likely N-dealkylation sites (tertiary alicyclic amines) is 1. The topological polar surface area (TPSA) is 58.6 Å². The highest BCUT2D eigenvalue weighted by Gasteiger charge is 2.39. The van der Waals surface area contributed by atoms with E-state index in [9.17, 15) is 35.9 Å². The maximum absolute atomic E-state index is 13.3. The van der Waals surface area contributed by atoms with Gasteiger partial charge in [0.15, 0.2) is 0 Å². The zero-order valence-electron chi connectivity index (χ0n) is 20.1. The molecule has 2 amide bonds. The third-order valence-electron chi connectivity index (χ3n) is 5.73. The Morgan fingerprint density at radius 3 is 1.97 bits per heavy atom. The molecule has 1 N–H and O–H groups in total. The van der Waals surface area contributed by atoms with Crippen LogP contribution in [-0.4, -0.2) is 41.6 Å². The number of hydrogen-bond donors (Lipinski definition) is 1. The minimum absolute atomic E-state index is 0.0271. The molecule has 0 spiro atoms. The molecule has 1 aliphatic heterocycles. The van der Waals surface area contributed by atoms with Gasteiger partial charge in [-0.2, -0.15) is 26.3 Å². The molecule has 1 aliphatic rings. The van der Waals surface area contributed by atoms with Crippen LogP contribution in [0.25, 0.3) is 0 Å². The summed E-state index contributed by atoms with van der Waals surface area (Å²) in [5.74, 6) is -1.57. The molecule has 37 heavy (non-hydrogen) atoms. The molecule has 2 aromatic rings. The highest BCUT2D eigenvalue weighted by atomic mass is 79.9. The van der Waals surface area contributed by atoms with E-state index in [-0.39, 0.29) is 25.6 Å². The second-order valence-electron chi connectivity index (χ2n) is 9.75. The van der Waals surface area contributed by atoms with E-state index in [0.29, 0.717) is 12.1 Å². The van der Waals surface area contributed by atoms with Crippen molar-refractivity contribution in [2.24, 2.45) is 0 Å². The normalized spacial score (nSPS) is 18.9. The first kappa shape index (κ1) is 28.8. The largest absolute Gasteiger partial charge is 0.444 e. The molecule has 2 aromatic carbocycles. The van der Waals surface area contributed by atoms with Gasteiger partial charge in [0.1, 0.15) is 5.60 Å². The number of benzene rings is 2. The zero-order chi connectivity index (χ0) is 27.8. The number of amides is 2. The van der Waals surface area contributed by atoms with Crippen LogP contribution >= 0.6 is 15.9 Å². The van der Waals surface area contributed by atoms with Crippen molar-refractivity contribution in [3.05, 3.63) is 69.2 Å². The van der Waals surface area contributed by atoms with Crippen molar-refractivity contribution >= 4 is 27.9 Å². The fourth-order valence-electron chi connectivity index (χ4n) is 4.00. The van der Waals surface area contributed by atoms with E-state index in [4.69, 9.17) is 4.74 Å². The molecule has 2 atom stereocenters. The van der Waals surface area contributed by atoms with Gasteiger partial charge in [-0.3, -0.25) is 4.79 Å². The number of halogens is 7. The first-order valence-electron chi connectivity index (χ1n) is 11.3. The van der Waals surface area contributed by atoms with Crippen molar-refractivity contribution in [1.82, 2.24) is 10.2 Å². The quantitative estimate of drug-likeness (QED) is 0.389. The van der Waals surface area contributed by atoms with Crippen LogP contribution in [0.15, 0.2) is 46.9 Å². The van der Waals surface area contributed by atoms with Crippen LogP contribution in [0.1, 0.15) is 60.2 Å². The Kier molecular flexibility index (Phi) is 8.21. The number of hydrogen-bond acceptors (Lipinski definition) is 3. The Bertz CT molecular complexity index is 1110. The summed E-state index contributed by atoms with van der Waals surface area (Å²) in [6.07, 6.45) is -10.5. The third kappa shape index (κ3) is 7.62. The molecule has 0 radical (unpaired) electrons. The SMILES string of the molecule is CC(C)(C)OC(=O)N1CCC(NC(=O)c2cc(C(F)(F)F)cc(C(F)(F)F)c2)C(c2ccc(Br)cc2)C1. The van der Waals surface area contributed by atoms with Gasteiger partial charge >= 0.3 is 18.4 Å². The van der Waals surface area contributed by atoms with E-state index >= 15 is 0 Å². The van der Waals surface area contributed by atoms with Crippen molar-refractivity contribution < 1.29 is 40.7 Å². The van der Waals surface area contributed by atoms with E-state index < -0.39 is 58.6 Å². The van der Waals surface area contributed by atoms with Gasteiger partial charge in [0.2, 0.25) is 0 Å². The first-order valence-corrected chi connectivity index (χ1v) is 12.1. The highest BCUT2D eigenvalue weighted by molar-refractivity contribution is 9.10. The van der Waals surface area contributed by atoms with Gasteiger partial charge in [-0.25, -0.2) is 4.79 Å². The fourth-order valence-corrected chi connectivity index (χ4v) is 4.27. The Balaban J connectivity index is 1.91. The van der Waals surface area contributed by atoms with Crippen LogP contribution in [0.5, 0.6) is 0 Å². The maximum Gasteiger partial charge on any atom is 0.416 e. The number of piperidine rings is 1. The summed E-state index contributed by atoms with van der Waals surface area (Å²) >= 11 is 3.33. The van der Waals surface area contributed by atoms with Gasteiger partial charge < -0.3 is 15.0 Å². The van der Waals surface area contributed by atoms with Crippen molar-refractivity contribution in [3.8, 4) is 0 Å². The van der Waals surface area contributed by atoms with Crippen molar-refractivity contribution in [2.75, 3.05) is 13.1 Å². The summed E-state index contributed by atoms with van der Waals surface area (Å²) in [6.45, 7) is 5.44. The lowest BCUT2D eigenvalue weighted by Crippen LogP contribution is -2.52. The number of alkyl halides is 6. The summed E-state index contributed by atoms with van der Waals surface area (Å²) in [5, 5.41) is 2.60. The molecule has 1 fully saturated rings. The molecule has 202 valence electrons. The molecule has 0 aromatic heterocycles. The fraction of sp³-hybridized carbons (Fsp3) is 0.440. The molecule has 12 heteroatoms. The first-order chi connectivity index (χ1) is 16.9. The molecule has 2 unspecified atom stereocenters. The van der Waals surface area contributed by atoms with Crippen LogP contribution < -0.4 is 5.32 Å². The van der Waals surface area contributed by atoms with E-state index in [1.807, 2.05) is 0 Å². The smallest absolute Gasteiger partial charge is 0.416 e. The van der Waals surface area contributed by atoms with Gasteiger partial charge in [-0.15, -0.1) is 0 Å². The maximum atomic E-state index is 13.3. The Hall–Kier alpha value is -2.76. The molecular formula is C25H25BrF6N2O3. The molecule has 5 nitrogen and oxygen atoms in total. The molecular weight excluding hydrogens is 570 g/mol. The van der Waals surface area contributed by atoms with E-state index in [1.165, 1.54) is 4.90 Å². The standard InChI is InChI=1S/C25H25BrF6N2O3/c1-23(2,3)37-22(36)34-9-8-20(19(13-34)14-4-6-18(26)7-5-14)33-21(35)15-10-16(24(27,28)29)12-17(11-15)25(30,31)32/h4-7,10-12,19-20H,8-9,13H2,1-3H3,(H,33,35). The van der Waals surface area contributed by atoms with Gasteiger partial charge in [-0.05, 0) is 63.1 Å². The number of rotatable bonds is 3. The lowest BCUT2D eigenvalue weighted by atomic mass is 9.85. The Labute approximate surface area is 218 Å². The summed E-state index contributed by atoms with van der Waals surface area (Å²) in [6, 6.07) is 7.13. The summed E-state index contributed by atoms with van der Waals surface area (Å²) < 4.78 is 85.8. The van der Waals surface area contributed by atoms with Crippen LogP contribution in [0.3, 0.4) is 0 Å². The lowest BCUT2D eigenvalue weighted by molar-refractivity contribution is -0.143. The average Bonchev–Trinajstić information content (AvgIpc) is 2.77. The van der Waals surface area contributed by atoms with Crippen LogP contribution in [0.4, 0.5) is 31.1 Å². The lowest BCUT2D eigenvalue weighted by Gasteiger charge is -2.39. The number of carbonyl (C=O) groups excluding carboxylic acids is 2. The van der Waals surface area contributed by atoms with Crippen LogP contribution in [0.2, 0.25) is 0 Å². The molecule has 0 bridgehead atoms. The number of nitrogens with one attached hydrogen (secondary N) is 1. The Morgan fingerprint density at radius 1 is 0.946 bits per heavy atom. The minimum atomic E-state index is -5.07. The van der Waals surface area contributed by atoms with Crippen LogP contribution in [0, 0.1) is 0 Å². The summed E-state index contributed by atoms with van der Waals surface area (Å²) in [5.41, 5.74) is -3.92. The highest BCUT2D eigenvalue weighted by Crippen LogP contribution is 2.37. The van der Waals surface area contributed by atoms with Crippen molar-refractivity contribution in [2.45, 2.75) is 57.1 Å². The summed E-state index contributed by atoms with van der Waals surface area (Å²) in [4.78, 5) is 27.1. The molecule has 3 rings (SSSR count). The molecule has 1 saturated heterocycles. The predicted molar refractivity (Wildman–Crippen MR) is 127 cm³/mol. The zero-order valence-corrected chi connectivity index (χ0v) is 21.7. The number of ether oxygens (including phenoxy) is 1. The molecule has 1 heterocycles. The van der Waals surface area contributed by atoms with Gasteiger partial charge in [0.05, 0.1) is 11.1 Å². The van der Waals surface area contributed by atoms with Gasteiger partial charge in [0.25, 0.3) is 5.91 Å². The molecule has 0 saturated carbocycles. The average molecular weight is 595 g/mol. The third-order valence-corrected chi connectivity index (χ3v) is 6.26. The Morgan fingerprint density at radius 2 is 1.49 bits per heavy atom. The van der Waals surface area contributed by atoms with Gasteiger partial charge in [-0.1, -0.05) is 28.1 Å². The van der Waals surface area contributed by atoms with Crippen LogP contribution in [-0.2, 0) is 17.1 Å². The number of carbonyl (C=O) groups is 2. The van der Waals surface area contributed by atoms with Gasteiger partial charge in [0, 0.05) is 35.1 Å². The van der Waals surface area contributed by atoms with E-state index in [1.54, 1.807) is 45.0 Å². The second-order valence-corrected chi connectivity index (χ2v) is 10.7. The minimum Gasteiger partial charge on any atom is -0.444 e. The van der Waals surface area contributed by atoms with E-state index in [0.717, 1.165) is 10.0 Å². The van der Waals surface area contributed by atoms with Crippen molar-refractivity contribution in [3.63, 3.8) is 0 Å². The summed E-state index contributed by atoms with van der Waals surface area (Å²) in [7, 11) is 0. The predicted octanol–water partition coefficient (Wildman–Crippen LogP) is 7.01. The monoisotopic (exact) mass is 594 g/mol. The molecule has 0 aliphatic carbocycles. The van der Waals surface area contributed by atoms with Crippen molar-refractivity contribution in [1.29, 1.82) is 0 Å². The number of nitrogens with zero attached hydrogens (tertiary/aromatic N) is 1. The second kappa shape index (κ2) is 10.5.